The van der Waals surface area contributed by atoms with Gasteiger partial charge in [-0.25, -0.2) is 0 Å². The number of unbranched alkanes of at least 4 members (excludes halogenated alkanes) is 2. The highest BCUT2D eigenvalue weighted by Crippen LogP contribution is 2.45. The molecule has 0 aliphatic heterocycles. The van der Waals surface area contributed by atoms with E-state index in [4.69, 9.17) is 0 Å². The number of nitrogens with zero attached hydrogens (tertiary/aromatic N) is 1. The first-order valence-corrected chi connectivity index (χ1v) is 7.79. The van der Waals surface area contributed by atoms with Gasteiger partial charge in [0, 0.05) is 12.0 Å². The number of hydrogen-bond acceptors (Lipinski definition) is 2. The largest absolute Gasteiger partial charge is 0.508 e. The zero-order chi connectivity index (χ0) is 13.7. The van der Waals surface area contributed by atoms with Gasteiger partial charge < -0.3 is 5.11 Å². The molecule has 1 fully saturated rings. The molecule has 1 saturated carbocycles. The van der Waals surface area contributed by atoms with E-state index in [1.807, 2.05) is 12.1 Å². The van der Waals surface area contributed by atoms with Gasteiger partial charge in [0.15, 0.2) is 0 Å². The zero-order valence-corrected chi connectivity index (χ0v) is 12.3. The number of phenols is 1. The fourth-order valence-corrected chi connectivity index (χ4v) is 2.86. The van der Waals surface area contributed by atoms with Gasteiger partial charge in [-0.3, -0.25) is 4.90 Å². The van der Waals surface area contributed by atoms with Crippen LogP contribution in [0.25, 0.3) is 0 Å². The normalized spacial score (nSPS) is 21.8. The summed E-state index contributed by atoms with van der Waals surface area (Å²) in [5.41, 5.74) is 1.31. The Labute approximate surface area is 117 Å². The van der Waals surface area contributed by atoms with Crippen LogP contribution in [0.3, 0.4) is 0 Å². The van der Waals surface area contributed by atoms with Crippen molar-refractivity contribution in [2.24, 2.45) is 0 Å². The summed E-state index contributed by atoms with van der Waals surface area (Å²) in [6.45, 7) is 6.99. The van der Waals surface area contributed by atoms with Crippen molar-refractivity contribution in [1.82, 2.24) is 4.90 Å². The summed E-state index contributed by atoms with van der Waals surface area (Å²) in [6.07, 6.45) is 6.40. The lowest BCUT2D eigenvalue weighted by Gasteiger charge is -2.22. The molecule has 2 atom stereocenters. The van der Waals surface area contributed by atoms with Crippen LogP contribution in [-0.2, 0) is 0 Å². The van der Waals surface area contributed by atoms with Gasteiger partial charge in [0.25, 0.3) is 0 Å². The average molecular weight is 261 g/mol. The van der Waals surface area contributed by atoms with E-state index < -0.39 is 0 Å². The molecule has 1 N–H and O–H groups in total. The summed E-state index contributed by atoms with van der Waals surface area (Å²) in [5.74, 6) is 1.04. The maximum absolute atomic E-state index is 9.58. The van der Waals surface area contributed by atoms with Crippen LogP contribution in [0.1, 0.15) is 57.4 Å². The molecule has 2 heteroatoms. The lowest BCUT2D eigenvalue weighted by molar-refractivity contribution is 0.251. The molecule has 0 saturated heterocycles. The molecule has 0 spiro atoms. The Morgan fingerprint density at radius 1 is 1.16 bits per heavy atom. The quantitative estimate of drug-likeness (QED) is 0.760. The molecule has 0 aromatic heterocycles. The second kappa shape index (κ2) is 6.95. The van der Waals surface area contributed by atoms with Crippen LogP contribution < -0.4 is 0 Å². The van der Waals surface area contributed by atoms with Crippen LogP contribution in [0.2, 0.25) is 0 Å². The first kappa shape index (κ1) is 14.4. The van der Waals surface area contributed by atoms with Crippen molar-refractivity contribution in [2.75, 3.05) is 13.1 Å². The van der Waals surface area contributed by atoms with Crippen molar-refractivity contribution in [1.29, 1.82) is 0 Å². The minimum atomic E-state index is 0.400. The summed E-state index contributed by atoms with van der Waals surface area (Å²) in [7, 11) is 0. The van der Waals surface area contributed by atoms with Crippen LogP contribution in [0, 0.1) is 0 Å². The molecule has 0 heterocycles. The SMILES string of the molecule is CCCCN(CCCC)C1CC1c1cccc(O)c1. The molecule has 1 aliphatic carbocycles. The van der Waals surface area contributed by atoms with E-state index in [9.17, 15) is 5.11 Å². The number of rotatable bonds is 8. The number of benzene rings is 1. The Balaban J connectivity index is 1.93. The Hall–Kier alpha value is -1.02. The lowest BCUT2D eigenvalue weighted by atomic mass is 10.1. The van der Waals surface area contributed by atoms with E-state index in [-0.39, 0.29) is 0 Å². The third-order valence-corrected chi connectivity index (χ3v) is 4.12. The smallest absolute Gasteiger partial charge is 0.115 e. The highest BCUT2D eigenvalue weighted by molar-refractivity contribution is 5.34. The zero-order valence-electron chi connectivity index (χ0n) is 12.3. The highest BCUT2D eigenvalue weighted by Gasteiger charge is 2.42. The maximum Gasteiger partial charge on any atom is 0.115 e. The van der Waals surface area contributed by atoms with Gasteiger partial charge in [-0.2, -0.15) is 0 Å². The highest BCUT2D eigenvalue weighted by atomic mass is 16.3. The van der Waals surface area contributed by atoms with Crippen molar-refractivity contribution < 1.29 is 5.11 Å². The summed E-state index contributed by atoms with van der Waals surface area (Å²) in [5, 5.41) is 9.58. The lowest BCUT2D eigenvalue weighted by Crippen LogP contribution is -2.29. The van der Waals surface area contributed by atoms with Crippen LogP contribution in [-0.4, -0.2) is 29.1 Å². The van der Waals surface area contributed by atoms with Gasteiger partial charge in [-0.05, 0) is 50.0 Å². The summed E-state index contributed by atoms with van der Waals surface area (Å²) in [6, 6.07) is 8.51. The third-order valence-electron chi connectivity index (χ3n) is 4.12. The van der Waals surface area contributed by atoms with Gasteiger partial charge in [0.05, 0.1) is 0 Å². The van der Waals surface area contributed by atoms with E-state index in [0.717, 1.165) is 0 Å². The Bertz CT molecular complexity index is 383. The molecular formula is C17H27NO. The van der Waals surface area contributed by atoms with Gasteiger partial charge in [-0.15, -0.1) is 0 Å². The Kier molecular flexibility index (Phi) is 5.26. The second-order valence-electron chi connectivity index (χ2n) is 5.75. The number of hydrogen-bond donors (Lipinski definition) is 1. The molecule has 19 heavy (non-hydrogen) atoms. The van der Waals surface area contributed by atoms with Crippen LogP contribution >= 0.6 is 0 Å². The minimum absolute atomic E-state index is 0.400. The Morgan fingerprint density at radius 3 is 2.42 bits per heavy atom. The molecule has 0 bridgehead atoms. The first-order valence-electron chi connectivity index (χ1n) is 7.79. The van der Waals surface area contributed by atoms with Gasteiger partial charge >= 0.3 is 0 Å². The molecule has 0 amide bonds. The first-order chi connectivity index (χ1) is 9.26. The molecule has 2 nitrogen and oxygen atoms in total. The van der Waals surface area contributed by atoms with E-state index in [1.54, 1.807) is 6.07 Å². The number of phenolic OH excluding ortho intramolecular Hbond substituents is 1. The molecule has 1 aromatic carbocycles. The number of aromatic hydroxyl groups is 1. The predicted octanol–water partition coefficient (Wildman–Crippen LogP) is 4.15. The molecular weight excluding hydrogens is 234 g/mol. The minimum Gasteiger partial charge on any atom is -0.508 e. The summed E-state index contributed by atoms with van der Waals surface area (Å²) >= 11 is 0. The van der Waals surface area contributed by atoms with Crippen LogP contribution in [0.4, 0.5) is 0 Å². The molecule has 106 valence electrons. The standard InChI is InChI=1S/C17H27NO/c1-3-5-10-18(11-6-4-2)17-13-16(17)14-8-7-9-15(19)12-14/h7-9,12,16-17,19H,3-6,10-11,13H2,1-2H3. The van der Waals surface area contributed by atoms with Crippen molar-refractivity contribution >= 4 is 0 Å². The van der Waals surface area contributed by atoms with Crippen LogP contribution in [0.5, 0.6) is 5.75 Å². The molecule has 2 rings (SSSR count). The van der Waals surface area contributed by atoms with E-state index >= 15 is 0 Å². The van der Waals surface area contributed by atoms with Crippen molar-refractivity contribution in [3.8, 4) is 5.75 Å². The van der Waals surface area contributed by atoms with E-state index in [1.165, 1.54) is 50.8 Å². The van der Waals surface area contributed by atoms with Crippen molar-refractivity contribution in [3.63, 3.8) is 0 Å². The van der Waals surface area contributed by atoms with Crippen LogP contribution in [0.15, 0.2) is 24.3 Å². The predicted molar refractivity (Wildman–Crippen MR) is 80.6 cm³/mol. The van der Waals surface area contributed by atoms with Gasteiger partial charge in [0.2, 0.25) is 0 Å². The average Bonchev–Trinajstić information content (AvgIpc) is 3.19. The molecule has 1 aromatic rings. The molecule has 1 aliphatic rings. The topological polar surface area (TPSA) is 23.5 Å². The maximum atomic E-state index is 9.58. The van der Waals surface area contributed by atoms with Crippen molar-refractivity contribution in [3.05, 3.63) is 29.8 Å². The van der Waals surface area contributed by atoms with E-state index in [2.05, 4.69) is 24.8 Å². The monoisotopic (exact) mass is 261 g/mol. The summed E-state index contributed by atoms with van der Waals surface area (Å²) in [4.78, 5) is 2.67. The van der Waals surface area contributed by atoms with Gasteiger partial charge in [-0.1, -0.05) is 38.8 Å². The molecule has 2 unspecified atom stereocenters. The van der Waals surface area contributed by atoms with Crippen molar-refractivity contribution in [2.45, 2.75) is 57.9 Å². The Morgan fingerprint density at radius 2 is 1.84 bits per heavy atom. The second-order valence-corrected chi connectivity index (χ2v) is 5.75. The third kappa shape index (κ3) is 3.97. The summed E-state index contributed by atoms with van der Waals surface area (Å²) < 4.78 is 0. The fourth-order valence-electron chi connectivity index (χ4n) is 2.86. The fraction of sp³-hybridized carbons (Fsp3) is 0.647. The molecule has 0 radical (unpaired) electrons. The van der Waals surface area contributed by atoms with Gasteiger partial charge in [0.1, 0.15) is 5.75 Å². The van der Waals surface area contributed by atoms with E-state index in [0.29, 0.717) is 17.7 Å².